The van der Waals surface area contributed by atoms with Gasteiger partial charge in [0, 0.05) is 23.9 Å². The molecule has 9 atom stereocenters. The van der Waals surface area contributed by atoms with Crippen molar-refractivity contribution in [3.63, 3.8) is 0 Å². The predicted octanol–water partition coefficient (Wildman–Crippen LogP) is 5.15. The third kappa shape index (κ3) is 4.11. The first-order valence-corrected chi connectivity index (χ1v) is 14.3. The number of hydrogen-bond acceptors (Lipinski definition) is 5. The van der Waals surface area contributed by atoms with Crippen LogP contribution in [0.1, 0.15) is 58.9 Å². The normalized spacial score (nSPS) is 41.9. The number of benzene rings is 1. The maximum absolute atomic E-state index is 12.8. The van der Waals surface area contributed by atoms with Crippen molar-refractivity contribution >= 4 is 11.8 Å². The van der Waals surface area contributed by atoms with E-state index in [1.807, 2.05) is 24.3 Å². The number of carboxylic acid groups (broad SMARTS) is 1. The summed E-state index contributed by atoms with van der Waals surface area (Å²) in [6.45, 7) is 9.35. The van der Waals surface area contributed by atoms with E-state index in [1.165, 1.54) is 10.6 Å². The summed E-state index contributed by atoms with van der Waals surface area (Å²) in [6.07, 6.45) is 8.34. The number of aryl methyl sites for hydroxylation is 1. The fourth-order valence-corrected chi connectivity index (χ4v) is 9.32. The minimum absolute atomic E-state index is 0.00341. The first-order chi connectivity index (χ1) is 17.9. The van der Waals surface area contributed by atoms with Crippen molar-refractivity contribution in [2.24, 2.45) is 45.8 Å². The van der Waals surface area contributed by atoms with E-state index < -0.39 is 34.2 Å². The lowest BCUT2D eigenvalue weighted by Gasteiger charge is -2.66. The van der Waals surface area contributed by atoms with Crippen molar-refractivity contribution in [1.29, 1.82) is 0 Å². The molecule has 3 N–H and O–H groups in total. The average molecular weight is 522 g/mol. The molecule has 1 aromatic carbocycles. The van der Waals surface area contributed by atoms with Crippen molar-refractivity contribution in [3.05, 3.63) is 59.7 Å². The fourth-order valence-electron chi connectivity index (χ4n) is 9.32. The zero-order valence-corrected chi connectivity index (χ0v) is 23.1. The number of ketones is 1. The number of rotatable bonds is 7. The second-order valence-electron chi connectivity index (χ2n) is 13.2. The van der Waals surface area contributed by atoms with Gasteiger partial charge in [-0.3, -0.25) is 9.59 Å². The Labute approximate surface area is 226 Å². The topological polar surface area (TPSA) is 98.1 Å². The van der Waals surface area contributed by atoms with E-state index in [4.69, 9.17) is 0 Å². The largest absolute Gasteiger partial charge is 0.481 e. The second-order valence-corrected chi connectivity index (χ2v) is 13.2. The van der Waals surface area contributed by atoms with E-state index in [9.17, 15) is 25.0 Å². The Hall–Kier alpha value is -2.28. The van der Waals surface area contributed by atoms with Crippen molar-refractivity contribution in [1.82, 2.24) is 5.06 Å². The zero-order valence-electron chi connectivity index (χ0n) is 23.1. The third-order valence-corrected chi connectivity index (χ3v) is 11.3. The van der Waals surface area contributed by atoms with Crippen molar-refractivity contribution in [2.75, 3.05) is 13.1 Å². The van der Waals surface area contributed by atoms with Gasteiger partial charge in [0.1, 0.15) is 0 Å². The fraction of sp³-hybridized carbons (Fsp3) is 0.625. The standard InChI is InChI=1S/C32H43NO5/c1-20-15-26-25-16-22(19-33(38)14-8-11-21-9-6-5-7-10-21)28(29(36)37)30(25,2)18-27(35)32(26,4)31(3)13-12-23(34)17-24(20)31/h5-7,9-10,12-13,17,20,22,25-28,35,38H,8,11,14-16,18-19H2,1-4H3,(H,36,37)/t20-,22-,25-,26-,27-,28+,30-,31-,32+/m0/s1. The molecule has 3 saturated carbocycles. The predicted molar refractivity (Wildman–Crippen MR) is 145 cm³/mol. The first-order valence-electron chi connectivity index (χ1n) is 14.3. The van der Waals surface area contributed by atoms with Gasteiger partial charge in [0.25, 0.3) is 0 Å². The van der Waals surface area contributed by atoms with Crippen LogP contribution < -0.4 is 0 Å². The van der Waals surface area contributed by atoms with Gasteiger partial charge in [0.05, 0.1) is 12.0 Å². The zero-order chi connectivity index (χ0) is 27.5. The van der Waals surface area contributed by atoms with Crippen LogP contribution in [0.5, 0.6) is 0 Å². The molecule has 0 saturated heterocycles. The maximum Gasteiger partial charge on any atom is 0.307 e. The quantitative estimate of drug-likeness (QED) is 0.429. The number of aliphatic carboxylic acids is 1. The lowest BCUT2D eigenvalue weighted by atomic mass is 9.39. The van der Waals surface area contributed by atoms with Crippen LogP contribution in [-0.2, 0) is 16.0 Å². The summed E-state index contributed by atoms with van der Waals surface area (Å²) in [4.78, 5) is 25.0. The number of carbonyl (C=O) groups excluding carboxylic acids is 1. The summed E-state index contributed by atoms with van der Waals surface area (Å²) >= 11 is 0. The third-order valence-electron chi connectivity index (χ3n) is 11.3. The number of aliphatic hydroxyl groups excluding tert-OH is 1. The van der Waals surface area contributed by atoms with E-state index >= 15 is 0 Å². The van der Waals surface area contributed by atoms with E-state index in [2.05, 4.69) is 39.8 Å². The SMILES string of the molecule is C[C@H]1C[C@H]2[C@@H]3C[C@@H](CN(O)CCCc4ccccc4)[C@H](C(=O)O)[C@@]3(C)C[C@H](O)[C@]2(C)[C@@]2(C)C=CC(=O)C=C12. The van der Waals surface area contributed by atoms with Crippen LogP contribution in [0, 0.1) is 45.8 Å². The Bertz CT molecular complexity index is 1150. The molecule has 0 spiro atoms. The molecule has 3 fully saturated rings. The average Bonchev–Trinajstić information content (AvgIpc) is 3.14. The molecule has 0 aromatic heterocycles. The second kappa shape index (κ2) is 9.72. The van der Waals surface area contributed by atoms with E-state index in [1.54, 1.807) is 12.2 Å². The van der Waals surface area contributed by atoms with Crippen LogP contribution >= 0.6 is 0 Å². The van der Waals surface area contributed by atoms with Crippen molar-refractivity contribution in [2.45, 2.75) is 65.9 Å². The Morgan fingerprint density at radius 1 is 1.11 bits per heavy atom. The van der Waals surface area contributed by atoms with Gasteiger partial charge < -0.3 is 15.4 Å². The van der Waals surface area contributed by atoms with Gasteiger partial charge in [-0.1, -0.05) is 69.7 Å². The van der Waals surface area contributed by atoms with Gasteiger partial charge >= 0.3 is 5.97 Å². The molecule has 38 heavy (non-hydrogen) atoms. The highest BCUT2D eigenvalue weighted by Crippen LogP contribution is 2.72. The molecule has 0 aliphatic heterocycles. The first kappa shape index (κ1) is 27.3. The number of aliphatic hydroxyl groups is 1. The van der Waals surface area contributed by atoms with Gasteiger partial charge in [-0.15, -0.1) is 0 Å². The van der Waals surface area contributed by atoms with Gasteiger partial charge in [-0.25, -0.2) is 0 Å². The van der Waals surface area contributed by atoms with Crippen LogP contribution in [0.2, 0.25) is 0 Å². The van der Waals surface area contributed by atoms with E-state index in [-0.39, 0.29) is 29.5 Å². The molecular weight excluding hydrogens is 478 g/mol. The number of fused-ring (bicyclic) bond motifs is 5. The Morgan fingerprint density at radius 2 is 1.82 bits per heavy atom. The summed E-state index contributed by atoms with van der Waals surface area (Å²) in [5.74, 6) is -1.23. The van der Waals surface area contributed by atoms with Crippen molar-refractivity contribution in [3.8, 4) is 0 Å². The molecule has 206 valence electrons. The number of hydroxylamine groups is 2. The molecule has 0 unspecified atom stereocenters. The summed E-state index contributed by atoms with van der Waals surface area (Å²) < 4.78 is 0. The molecule has 0 bridgehead atoms. The highest BCUT2D eigenvalue weighted by atomic mass is 16.5. The van der Waals surface area contributed by atoms with E-state index in [0.29, 0.717) is 19.5 Å². The number of hydrogen-bond donors (Lipinski definition) is 3. The number of carboxylic acids is 1. The molecule has 0 amide bonds. The number of allylic oxidation sites excluding steroid dienone is 4. The molecule has 6 heteroatoms. The van der Waals surface area contributed by atoms with Crippen LogP contribution in [0.4, 0.5) is 0 Å². The van der Waals surface area contributed by atoms with Gasteiger partial charge in [0.2, 0.25) is 0 Å². The molecule has 4 aliphatic rings. The highest BCUT2D eigenvalue weighted by molar-refractivity contribution is 6.01. The van der Waals surface area contributed by atoms with Crippen LogP contribution in [0.15, 0.2) is 54.1 Å². The molecule has 4 aliphatic carbocycles. The summed E-state index contributed by atoms with van der Waals surface area (Å²) in [5, 5.41) is 34.4. The smallest absolute Gasteiger partial charge is 0.307 e. The Balaban J connectivity index is 1.39. The van der Waals surface area contributed by atoms with Crippen molar-refractivity contribution < 1.29 is 25.0 Å². The minimum atomic E-state index is -0.827. The molecule has 0 radical (unpaired) electrons. The molecular formula is C32H43NO5. The van der Waals surface area contributed by atoms with Gasteiger partial charge in [-0.2, -0.15) is 5.06 Å². The highest BCUT2D eigenvalue weighted by Gasteiger charge is 2.70. The maximum atomic E-state index is 12.8. The van der Waals surface area contributed by atoms with Gasteiger partial charge in [-0.05, 0) is 78.9 Å². The number of carbonyl (C=O) groups is 2. The lowest BCUT2D eigenvalue weighted by molar-refractivity contribution is -0.187. The molecule has 1 aromatic rings. The number of nitrogens with zero attached hydrogens (tertiary/aromatic N) is 1. The Morgan fingerprint density at radius 3 is 2.50 bits per heavy atom. The van der Waals surface area contributed by atoms with Gasteiger partial charge in [0.15, 0.2) is 5.78 Å². The Kier molecular flexibility index (Phi) is 6.98. The molecule has 5 rings (SSSR count). The van der Waals surface area contributed by atoms with Crippen LogP contribution in [-0.4, -0.2) is 51.4 Å². The summed E-state index contributed by atoms with van der Waals surface area (Å²) in [6, 6.07) is 10.2. The van der Waals surface area contributed by atoms with Crippen LogP contribution in [0.25, 0.3) is 0 Å². The lowest BCUT2D eigenvalue weighted by Crippen LogP contribution is -2.64. The molecule has 6 nitrogen and oxygen atoms in total. The summed E-state index contributed by atoms with van der Waals surface area (Å²) in [5.41, 5.74) is 0.802. The monoisotopic (exact) mass is 521 g/mol. The molecule has 0 heterocycles. The summed E-state index contributed by atoms with van der Waals surface area (Å²) in [7, 11) is 0. The minimum Gasteiger partial charge on any atom is -0.481 e. The van der Waals surface area contributed by atoms with E-state index in [0.717, 1.165) is 31.3 Å². The van der Waals surface area contributed by atoms with Crippen LogP contribution in [0.3, 0.4) is 0 Å².